The zero-order valence-electron chi connectivity index (χ0n) is 14.3. The van der Waals surface area contributed by atoms with Gasteiger partial charge in [-0.15, -0.1) is 0 Å². The van der Waals surface area contributed by atoms with Crippen molar-refractivity contribution in [3.8, 4) is 5.75 Å². The van der Waals surface area contributed by atoms with E-state index in [0.29, 0.717) is 0 Å². The van der Waals surface area contributed by atoms with Crippen molar-refractivity contribution in [2.45, 2.75) is 9.79 Å². The smallest absolute Gasteiger partial charge is 0.259 e. The average Bonchev–Trinajstić information content (AvgIpc) is 2.66. The Bertz CT molecular complexity index is 1210. The van der Waals surface area contributed by atoms with Gasteiger partial charge in [0.2, 0.25) is 9.84 Å². The summed E-state index contributed by atoms with van der Waals surface area (Å²) in [6.45, 7) is 0. The molecule has 0 radical (unpaired) electrons. The van der Waals surface area contributed by atoms with Gasteiger partial charge >= 0.3 is 0 Å². The Hall–Kier alpha value is -1.77. The summed E-state index contributed by atoms with van der Waals surface area (Å²) in [5, 5.41) is 12.6. The molecule has 0 saturated heterocycles. The first-order chi connectivity index (χ1) is 13.6. The molecule has 3 aromatic rings. The fraction of sp³-hybridized carbons (Fsp3) is 0. The first-order valence-electron chi connectivity index (χ1n) is 7.89. The predicted octanol–water partition coefficient (Wildman–Crippen LogP) is 6.20. The van der Waals surface area contributed by atoms with Crippen LogP contribution >= 0.6 is 50.7 Å². The van der Waals surface area contributed by atoms with E-state index >= 15 is 0 Å². The van der Waals surface area contributed by atoms with Crippen LogP contribution in [0.4, 0.5) is 5.69 Å². The molecule has 0 spiro atoms. The third-order valence-electron chi connectivity index (χ3n) is 3.89. The number of hydrogen-bond donors (Lipinski definition) is 2. The SMILES string of the molecule is O=C(Nc1cc(S(=O)(=O)c2ccc(Br)cc2)ccc1Cl)c1cc(Cl)cc(Cl)c1O. The van der Waals surface area contributed by atoms with E-state index in [1.807, 2.05) is 0 Å². The van der Waals surface area contributed by atoms with Gasteiger partial charge in [0.1, 0.15) is 5.75 Å². The molecule has 0 unspecified atom stereocenters. The van der Waals surface area contributed by atoms with E-state index in [2.05, 4.69) is 21.2 Å². The van der Waals surface area contributed by atoms with Gasteiger partial charge in [-0.3, -0.25) is 4.79 Å². The molecule has 0 aliphatic carbocycles. The third kappa shape index (κ3) is 4.70. The normalized spacial score (nSPS) is 11.3. The van der Waals surface area contributed by atoms with Crippen LogP contribution in [-0.4, -0.2) is 19.4 Å². The maximum absolute atomic E-state index is 12.9. The molecule has 150 valence electrons. The maximum atomic E-state index is 12.9. The van der Waals surface area contributed by atoms with Crippen LogP contribution in [0.2, 0.25) is 15.1 Å². The van der Waals surface area contributed by atoms with Crippen LogP contribution in [0.1, 0.15) is 10.4 Å². The van der Waals surface area contributed by atoms with Gasteiger partial charge in [-0.1, -0.05) is 50.7 Å². The molecule has 5 nitrogen and oxygen atoms in total. The second-order valence-corrected chi connectivity index (χ2v) is 9.95. The lowest BCUT2D eigenvalue weighted by molar-refractivity contribution is 0.102. The van der Waals surface area contributed by atoms with Crippen LogP contribution in [-0.2, 0) is 9.84 Å². The topological polar surface area (TPSA) is 83.5 Å². The molecule has 0 bridgehead atoms. The molecule has 10 heteroatoms. The molecular weight excluding hydrogens is 525 g/mol. The molecule has 0 fully saturated rings. The molecule has 1 amide bonds. The highest BCUT2D eigenvalue weighted by atomic mass is 79.9. The highest BCUT2D eigenvalue weighted by molar-refractivity contribution is 9.10. The van der Waals surface area contributed by atoms with E-state index in [9.17, 15) is 18.3 Å². The van der Waals surface area contributed by atoms with Gasteiger partial charge in [0.05, 0.1) is 31.1 Å². The number of amides is 1. The highest BCUT2D eigenvalue weighted by Crippen LogP contribution is 2.33. The van der Waals surface area contributed by atoms with Gasteiger partial charge in [-0.2, -0.15) is 0 Å². The summed E-state index contributed by atoms with van der Waals surface area (Å²) in [7, 11) is -3.84. The number of nitrogens with one attached hydrogen (secondary N) is 1. The first kappa shape index (κ1) is 21.9. The lowest BCUT2D eigenvalue weighted by Crippen LogP contribution is -2.13. The molecule has 3 rings (SSSR count). The minimum Gasteiger partial charge on any atom is -0.506 e. The van der Waals surface area contributed by atoms with E-state index in [1.165, 1.54) is 42.5 Å². The summed E-state index contributed by atoms with van der Waals surface area (Å²) in [6.07, 6.45) is 0. The second kappa shape index (κ2) is 8.53. The van der Waals surface area contributed by atoms with Crippen molar-refractivity contribution in [1.29, 1.82) is 0 Å². The fourth-order valence-electron chi connectivity index (χ4n) is 2.45. The number of benzene rings is 3. The number of anilines is 1. The molecule has 3 aromatic carbocycles. The molecule has 2 N–H and O–H groups in total. The summed E-state index contributed by atoms with van der Waals surface area (Å²) in [5.74, 6) is -1.21. The summed E-state index contributed by atoms with van der Waals surface area (Å²) in [5.41, 5.74) is -0.134. The Morgan fingerprint density at radius 2 is 1.52 bits per heavy atom. The molecule has 0 atom stereocenters. The number of phenolic OH excluding ortho intramolecular Hbond substituents is 1. The van der Waals surface area contributed by atoms with Crippen molar-refractivity contribution in [3.63, 3.8) is 0 Å². The number of aromatic hydroxyl groups is 1. The van der Waals surface area contributed by atoms with Crippen molar-refractivity contribution in [3.05, 3.63) is 79.7 Å². The van der Waals surface area contributed by atoms with E-state index in [0.717, 1.165) is 4.47 Å². The Labute approximate surface area is 190 Å². The predicted molar refractivity (Wildman–Crippen MR) is 117 cm³/mol. The van der Waals surface area contributed by atoms with E-state index in [4.69, 9.17) is 34.8 Å². The lowest BCUT2D eigenvalue weighted by Gasteiger charge is -2.12. The van der Waals surface area contributed by atoms with Crippen molar-refractivity contribution in [2.75, 3.05) is 5.32 Å². The molecule has 0 heterocycles. The Morgan fingerprint density at radius 1 is 0.897 bits per heavy atom. The van der Waals surface area contributed by atoms with Crippen LogP contribution in [0, 0.1) is 0 Å². The van der Waals surface area contributed by atoms with E-state index in [-0.39, 0.29) is 36.1 Å². The van der Waals surface area contributed by atoms with Crippen molar-refractivity contribution < 1.29 is 18.3 Å². The number of hydrogen-bond acceptors (Lipinski definition) is 4. The first-order valence-corrected chi connectivity index (χ1v) is 11.3. The molecule has 0 aliphatic rings. The quantitative estimate of drug-likeness (QED) is 0.417. The zero-order chi connectivity index (χ0) is 21.3. The third-order valence-corrected chi connectivity index (χ3v) is 7.02. The lowest BCUT2D eigenvalue weighted by atomic mass is 10.2. The summed E-state index contributed by atoms with van der Waals surface area (Å²) in [4.78, 5) is 12.6. The maximum Gasteiger partial charge on any atom is 0.259 e. The second-order valence-electron chi connectivity index (χ2n) is 5.84. The summed E-state index contributed by atoms with van der Waals surface area (Å²) >= 11 is 21.1. The van der Waals surface area contributed by atoms with Crippen LogP contribution in [0.15, 0.2) is 68.9 Å². The van der Waals surface area contributed by atoms with Gasteiger partial charge in [0.15, 0.2) is 0 Å². The number of phenols is 1. The Kier molecular flexibility index (Phi) is 6.45. The molecule has 0 saturated carbocycles. The molecule has 29 heavy (non-hydrogen) atoms. The van der Waals surface area contributed by atoms with Gasteiger partial charge in [0.25, 0.3) is 5.91 Å². The summed E-state index contributed by atoms with van der Waals surface area (Å²) in [6, 6.07) is 12.6. The number of carbonyl (C=O) groups is 1. The van der Waals surface area contributed by atoms with Gasteiger partial charge in [0, 0.05) is 9.50 Å². The fourth-order valence-corrected chi connectivity index (χ4v) is 4.66. The van der Waals surface area contributed by atoms with Gasteiger partial charge < -0.3 is 10.4 Å². The number of rotatable bonds is 4. The van der Waals surface area contributed by atoms with Crippen LogP contribution in [0.5, 0.6) is 5.75 Å². The Morgan fingerprint density at radius 3 is 2.17 bits per heavy atom. The summed E-state index contributed by atoms with van der Waals surface area (Å²) < 4.78 is 26.5. The van der Waals surface area contributed by atoms with Crippen LogP contribution in [0.3, 0.4) is 0 Å². The Balaban J connectivity index is 1.98. The molecule has 0 aromatic heterocycles. The average molecular weight is 536 g/mol. The van der Waals surface area contributed by atoms with Gasteiger partial charge in [-0.05, 0) is 54.6 Å². The molecular formula is C19H11BrCl3NO4S. The van der Waals surface area contributed by atoms with Crippen LogP contribution in [0.25, 0.3) is 0 Å². The number of carbonyl (C=O) groups excluding carboxylic acids is 1. The van der Waals surface area contributed by atoms with Crippen molar-refractivity contribution in [2.24, 2.45) is 0 Å². The number of sulfone groups is 1. The minimum absolute atomic E-state index is 0.0466. The molecule has 0 aliphatic heterocycles. The number of halogens is 4. The van der Waals surface area contributed by atoms with Gasteiger partial charge in [-0.25, -0.2) is 8.42 Å². The zero-order valence-corrected chi connectivity index (χ0v) is 19.0. The van der Waals surface area contributed by atoms with Crippen molar-refractivity contribution >= 4 is 72.2 Å². The highest BCUT2D eigenvalue weighted by Gasteiger charge is 2.21. The van der Waals surface area contributed by atoms with Crippen LogP contribution < -0.4 is 5.32 Å². The monoisotopic (exact) mass is 533 g/mol. The standard InChI is InChI=1S/C19H11BrCl3NO4S/c20-10-1-3-12(4-2-10)29(27,28)13-5-6-15(22)17(9-13)24-19(26)14-7-11(21)8-16(23)18(14)25/h1-9,25H,(H,24,26). The van der Waals surface area contributed by atoms with E-state index in [1.54, 1.807) is 12.1 Å². The largest absolute Gasteiger partial charge is 0.506 e. The minimum atomic E-state index is -3.84. The van der Waals surface area contributed by atoms with Crippen molar-refractivity contribution in [1.82, 2.24) is 0 Å². The van der Waals surface area contributed by atoms with E-state index < -0.39 is 21.5 Å².